The quantitative estimate of drug-likeness (QED) is 0.481. The lowest BCUT2D eigenvalue weighted by molar-refractivity contribution is -0.133. The van der Waals surface area contributed by atoms with Crippen LogP contribution in [0.15, 0.2) is 55.0 Å². The van der Waals surface area contributed by atoms with Crippen molar-refractivity contribution >= 4 is 33.5 Å². The fourth-order valence-corrected chi connectivity index (χ4v) is 3.91. The lowest BCUT2D eigenvalue weighted by Gasteiger charge is -2.35. The summed E-state index contributed by atoms with van der Waals surface area (Å²) in [6, 6.07) is 13.8. The maximum Gasteiger partial charge on any atom is 0.256 e. The van der Waals surface area contributed by atoms with Gasteiger partial charge in [0.25, 0.3) is 5.91 Å². The van der Waals surface area contributed by atoms with Crippen LogP contribution >= 0.6 is 0 Å². The van der Waals surface area contributed by atoms with E-state index in [9.17, 15) is 9.59 Å². The van der Waals surface area contributed by atoms with Gasteiger partial charge in [-0.2, -0.15) is 0 Å². The van der Waals surface area contributed by atoms with Crippen molar-refractivity contribution in [1.82, 2.24) is 35.0 Å². The molecule has 4 aromatic rings. The minimum absolute atomic E-state index is 0.0583. The summed E-state index contributed by atoms with van der Waals surface area (Å²) in [5.74, 6) is -0.121. The Balaban J connectivity index is 1.37. The first kappa shape index (κ1) is 18.2. The van der Waals surface area contributed by atoms with Gasteiger partial charge < -0.3 is 9.80 Å². The Kier molecular flexibility index (Phi) is 4.55. The molecule has 2 amide bonds. The zero-order valence-electron chi connectivity index (χ0n) is 16.2. The van der Waals surface area contributed by atoms with Gasteiger partial charge in [-0.25, -0.2) is 4.68 Å². The van der Waals surface area contributed by atoms with Crippen LogP contribution in [0, 0.1) is 0 Å². The summed E-state index contributed by atoms with van der Waals surface area (Å²) < 4.78 is 1.40. The molecule has 0 N–H and O–H groups in total. The largest absolute Gasteiger partial charge is 0.338 e. The van der Waals surface area contributed by atoms with Gasteiger partial charge >= 0.3 is 0 Å². The SMILES string of the molecule is O=C(Cn1cnnn1)N1CCN(C(=O)c2cc3ccccc3c3cccnc23)CC1. The third-order valence-electron chi connectivity index (χ3n) is 5.45. The molecule has 0 unspecified atom stereocenters. The lowest BCUT2D eigenvalue weighted by Crippen LogP contribution is -2.51. The highest BCUT2D eigenvalue weighted by Crippen LogP contribution is 2.28. The molecule has 1 saturated heterocycles. The van der Waals surface area contributed by atoms with Crippen LogP contribution in [0.3, 0.4) is 0 Å². The molecule has 2 aromatic heterocycles. The van der Waals surface area contributed by atoms with E-state index in [0.717, 1.165) is 16.2 Å². The number of aromatic nitrogens is 5. The molecule has 150 valence electrons. The number of tetrazole rings is 1. The molecular formula is C21H19N7O2. The van der Waals surface area contributed by atoms with Crippen LogP contribution in [-0.2, 0) is 11.3 Å². The van der Waals surface area contributed by atoms with Gasteiger partial charge in [-0.15, -0.1) is 5.10 Å². The van der Waals surface area contributed by atoms with Crippen molar-refractivity contribution in [3.05, 3.63) is 60.6 Å². The third kappa shape index (κ3) is 3.24. The fraction of sp³-hybridized carbons (Fsp3) is 0.238. The van der Waals surface area contributed by atoms with E-state index in [0.29, 0.717) is 37.3 Å². The number of carbonyl (C=O) groups excluding carboxylic acids is 2. The summed E-state index contributed by atoms with van der Waals surface area (Å²) >= 11 is 0. The molecule has 9 nitrogen and oxygen atoms in total. The number of carbonyl (C=O) groups is 2. The van der Waals surface area contributed by atoms with E-state index in [1.54, 1.807) is 16.0 Å². The van der Waals surface area contributed by atoms with Gasteiger partial charge in [0.15, 0.2) is 0 Å². The van der Waals surface area contributed by atoms with Gasteiger partial charge in [0.2, 0.25) is 5.91 Å². The van der Waals surface area contributed by atoms with Crippen molar-refractivity contribution in [2.75, 3.05) is 26.2 Å². The van der Waals surface area contributed by atoms with Crippen LogP contribution in [0.4, 0.5) is 0 Å². The predicted octanol–water partition coefficient (Wildman–Crippen LogP) is 1.36. The molecule has 5 rings (SSSR count). The van der Waals surface area contributed by atoms with Gasteiger partial charge in [-0.05, 0) is 33.3 Å². The monoisotopic (exact) mass is 401 g/mol. The van der Waals surface area contributed by atoms with Gasteiger partial charge in [0, 0.05) is 37.8 Å². The van der Waals surface area contributed by atoms with E-state index >= 15 is 0 Å². The highest BCUT2D eigenvalue weighted by Gasteiger charge is 2.26. The fourth-order valence-electron chi connectivity index (χ4n) is 3.91. The topological polar surface area (TPSA) is 97.1 Å². The van der Waals surface area contributed by atoms with Crippen LogP contribution in [0.2, 0.25) is 0 Å². The van der Waals surface area contributed by atoms with Crippen LogP contribution in [0.5, 0.6) is 0 Å². The Bertz CT molecular complexity index is 1230. The van der Waals surface area contributed by atoms with Crippen molar-refractivity contribution in [1.29, 1.82) is 0 Å². The molecule has 0 aliphatic carbocycles. The third-order valence-corrected chi connectivity index (χ3v) is 5.45. The Morgan fingerprint density at radius 2 is 1.70 bits per heavy atom. The van der Waals surface area contributed by atoms with Gasteiger partial charge in [0.1, 0.15) is 12.9 Å². The van der Waals surface area contributed by atoms with E-state index in [1.165, 1.54) is 11.0 Å². The number of fused-ring (bicyclic) bond motifs is 3. The number of benzene rings is 2. The first-order valence-electron chi connectivity index (χ1n) is 9.75. The van der Waals surface area contributed by atoms with Gasteiger partial charge in [-0.1, -0.05) is 30.3 Å². The summed E-state index contributed by atoms with van der Waals surface area (Å²) in [6.45, 7) is 2.00. The second kappa shape index (κ2) is 7.51. The highest BCUT2D eigenvalue weighted by atomic mass is 16.2. The predicted molar refractivity (Wildman–Crippen MR) is 110 cm³/mol. The smallest absolute Gasteiger partial charge is 0.256 e. The number of rotatable bonds is 3. The van der Waals surface area contributed by atoms with Gasteiger partial charge in [0.05, 0.1) is 11.1 Å². The van der Waals surface area contributed by atoms with Crippen molar-refractivity contribution in [2.45, 2.75) is 6.54 Å². The number of amides is 2. The summed E-state index contributed by atoms with van der Waals surface area (Å²) in [5, 5.41) is 13.9. The van der Waals surface area contributed by atoms with Crippen molar-refractivity contribution < 1.29 is 9.59 Å². The highest BCUT2D eigenvalue weighted by molar-refractivity contribution is 6.15. The number of piperazine rings is 1. The first-order valence-corrected chi connectivity index (χ1v) is 9.75. The number of hydrogen-bond acceptors (Lipinski definition) is 6. The zero-order chi connectivity index (χ0) is 20.5. The van der Waals surface area contributed by atoms with E-state index < -0.39 is 0 Å². The van der Waals surface area contributed by atoms with E-state index in [1.807, 2.05) is 42.5 Å². The second-order valence-electron chi connectivity index (χ2n) is 7.23. The molecule has 0 bridgehead atoms. The van der Waals surface area contributed by atoms with Gasteiger partial charge in [-0.3, -0.25) is 14.6 Å². The maximum atomic E-state index is 13.3. The standard InChI is InChI=1S/C21H19N7O2/c29-19(13-28-14-23-24-25-28)26-8-10-27(11-9-26)21(30)18-12-15-4-1-2-5-16(15)17-6-3-7-22-20(17)18/h1-7,12,14H,8-11,13H2. The molecule has 1 aliphatic heterocycles. The Hall–Kier alpha value is -3.88. The number of hydrogen-bond donors (Lipinski definition) is 0. The summed E-state index contributed by atoms with van der Waals surface area (Å²) in [5.41, 5.74) is 1.30. The average Bonchev–Trinajstić information content (AvgIpc) is 3.31. The van der Waals surface area contributed by atoms with Crippen LogP contribution in [0.1, 0.15) is 10.4 Å². The first-order chi connectivity index (χ1) is 14.7. The Morgan fingerprint density at radius 1 is 0.933 bits per heavy atom. The van der Waals surface area contributed by atoms with Crippen LogP contribution < -0.4 is 0 Å². The van der Waals surface area contributed by atoms with Crippen molar-refractivity contribution in [3.63, 3.8) is 0 Å². The lowest BCUT2D eigenvalue weighted by atomic mass is 10.00. The molecule has 1 aliphatic rings. The Labute approximate surface area is 171 Å². The molecule has 2 aromatic carbocycles. The maximum absolute atomic E-state index is 13.3. The molecular weight excluding hydrogens is 382 g/mol. The number of pyridine rings is 1. The average molecular weight is 401 g/mol. The normalized spacial score (nSPS) is 14.4. The molecule has 30 heavy (non-hydrogen) atoms. The minimum atomic E-state index is -0.0628. The van der Waals surface area contributed by atoms with E-state index in [4.69, 9.17) is 0 Å². The van der Waals surface area contributed by atoms with Crippen molar-refractivity contribution in [2.24, 2.45) is 0 Å². The van der Waals surface area contributed by atoms with E-state index in [-0.39, 0.29) is 18.4 Å². The molecule has 0 saturated carbocycles. The second-order valence-corrected chi connectivity index (χ2v) is 7.23. The number of nitrogens with zero attached hydrogens (tertiary/aromatic N) is 7. The summed E-state index contributed by atoms with van der Waals surface area (Å²) in [4.78, 5) is 33.8. The van der Waals surface area contributed by atoms with Crippen LogP contribution in [-0.4, -0.2) is 73.0 Å². The Morgan fingerprint density at radius 3 is 2.50 bits per heavy atom. The van der Waals surface area contributed by atoms with Crippen LogP contribution in [0.25, 0.3) is 21.7 Å². The van der Waals surface area contributed by atoms with Crippen molar-refractivity contribution in [3.8, 4) is 0 Å². The molecule has 3 heterocycles. The molecule has 0 spiro atoms. The van der Waals surface area contributed by atoms with E-state index in [2.05, 4.69) is 20.5 Å². The molecule has 0 radical (unpaired) electrons. The summed E-state index contributed by atoms with van der Waals surface area (Å²) in [6.07, 6.45) is 3.12. The zero-order valence-corrected chi connectivity index (χ0v) is 16.2. The molecule has 0 atom stereocenters. The molecule has 1 fully saturated rings. The summed E-state index contributed by atoms with van der Waals surface area (Å²) in [7, 11) is 0. The minimum Gasteiger partial charge on any atom is -0.338 e. The molecule has 9 heteroatoms.